The molecule has 1 aromatic heterocycles. The van der Waals surface area contributed by atoms with Crippen molar-refractivity contribution in [1.82, 2.24) is 0 Å². The van der Waals surface area contributed by atoms with Crippen LogP contribution < -0.4 is 0 Å². The van der Waals surface area contributed by atoms with Gasteiger partial charge >= 0.3 is 5.97 Å². The zero-order valence-corrected chi connectivity index (χ0v) is 11.5. The van der Waals surface area contributed by atoms with E-state index in [1.54, 1.807) is 6.92 Å². The van der Waals surface area contributed by atoms with Crippen LogP contribution in [0.4, 0.5) is 0 Å². The van der Waals surface area contributed by atoms with Gasteiger partial charge in [0.05, 0.1) is 6.61 Å². The number of hydrogen-bond acceptors (Lipinski definition) is 4. The molecule has 0 bridgehead atoms. The van der Waals surface area contributed by atoms with Gasteiger partial charge in [-0.1, -0.05) is 24.3 Å². The van der Waals surface area contributed by atoms with E-state index in [1.807, 2.05) is 31.2 Å². The van der Waals surface area contributed by atoms with Crippen LogP contribution in [0.1, 0.15) is 44.5 Å². The smallest absolute Gasteiger partial charge is 0.341 e. The largest absolute Gasteiger partial charge is 0.462 e. The number of aldehydes is 1. The Morgan fingerprint density at radius 2 is 2.10 bits per heavy atom. The summed E-state index contributed by atoms with van der Waals surface area (Å²) in [4.78, 5) is 22.9. The Morgan fingerprint density at radius 3 is 2.75 bits per heavy atom. The third-order valence-corrected chi connectivity index (χ3v) is 3.16. The molecular weight excluding hydrogens is 256 g/mol. The molecule has 0 spiro atoms. The molecule has 1 aromatic carbocycles. The Balaban J connectivity index is 2.39. The van der Waals surface area contributed by atoms with Crippen LogP contribution in [0, 0.1) is 6.92 Å². The summed E-state index contributed by atoms with van der Waals surface area (Å²) < 4.78 is 10.1. The van der Waals surface area contributed by atoms with Gasteiger partial charge < -0.3 is 9.15 Å². The molecule has 0 saturated heterocycles. The van der Waals surface area contributed by atoms with Crippen LogP contribution in [-0.2, 0) is 11.2 Å². The number of furan rings is 1. The first-order chi connectivity index (χ1) is 9.67. The molecule has 1 heterocycles. The van der Waals surface area contributed by atoms with E-state index in [-0.39, 0.29) is 12.4 Å². The fraction of sp³-hybridized carbons (Fsp3) is 0.250. The summed E-state index contributed by atoms with van der Waals surface area (Å²) in [5, 5.41) is 0. The van der Waals surface area contributed by atoms with Crippen molar-refractivity contribution in [3.05, 3.63) is 58.5 Å². The molecule has 2 aromatic rings. The second kappa shape index (κ2) is 6.19. The fourth-order valence-corrected chi connectivity index (χ4v) is 2.06. The van der Waals surface area contributed by atoms with Gasteiger partial charge in [0.2, 0.25) is 0 Å². The SMILES string of the molecule is CCOC(=O)c1coc(C=O)c1Cc1ccccc1C. The van der Waals surface area contributed by atoms with Crippen molar-refractivity contribution in [3.8, 4) is 0 Å². The summed E-state index contributed by atoms with van der Waals surface area (Å²) in [7, 11) is 0. The minimum Gasteiger partial charge on any atom is -0.462 e. The summed E-state index contributed by atoms with van der Waals surface area (Å²) in [6, 6.07) is 7.82. The van der Waals surface area contributed by atoms with Gasteiger partial charge in [-0.3, -0.25) is 4.79 Å². The van der Waals surface area contributed by atoms with Crippen LogP contribution in [0.15, 0.2) is 34.9 Å². The highest BCUT2D eigenvalue weighted by molar-refractivity contribution is 5.93. The lowest BCUT2D eigenvalue weighted by molar-refractivity contribution is 0.0524. The van der Waals surface area contributed by atoms with Crippen molar-refractivity contribution < 1.29 is 18.7 Å². The highest BCUT2D eigenvalue weighted by atomic mass is 16.5. The topological polar surface area (TPSA) is 56.5 Å². The second-order valence-corrected chi connectivity index (χ2v) is 4.43. The van der Waals surface area contributed by atoms with E-state index in [2.05, 4.69) is 0 Å². The molecule has 4 nitrogen and oxygen atoms in total. The Labute approximate surface area is 117 Å². The summed E-state index contributed by atoms with van der Waals surface area (Å²) in [6.07, 6.45) is 2.37. The van der Waals surface area contributed by atoms with Gasteiger partial charge in [0.15, 0.2) is 12.0 Å². The number of aryl methyl sites for hydroxylation is 1. The lowest BCUT2D eigenvalue weighted by Crippen LogP contribution is -2.07. The lowest BCUT2D eigenvalue weighted by atomic mass is 9.98. The van der Waals surface area contributed by atoms with Gasteiger partial charge in [0, 0.05) is 12.0 Å². The van der Waals surface area contributed by atoms with E-state index in [0.717, 1.165) is 11.1 Å². The summed E-state index contributed by atoms with van der Waals surface area (Å²) >= 11 is 0. The third-order valence-electron chi connectivity index (χ3n) is 3.16. The molecule has 0 saturated carbocycles. The van der Waals surface area contributed by atoms with Crippen LogP contribution in [0.3, 0.4) is 0 Å². The van der Waals surface area contributed by atoms with Crippen molar-refractivity contribution in [3.63, 3.8) is 0 Å². The van der Waals surface area contributed by atoms with Crippen molar-refractivity contribution >= 4 is 12.3 Å². The molecule has 0 atom stereocenters. The molecule has 2 rings (SSSR count). The second-order valence-electron chi connectivity index (χ2n) is 4.43. The number of benzene rings is 1. The third kappa shape index (κ3) is 2.79. The minimum atomic E-state index is -0.465. The number of carbonyl (C=O) groups is 2. The Kier molecular flexibility index (Phi) is 4.35. The Hall–Kier alpha value is -2.36. The zero-order valence-electron chi connectivity index (χ0n) is 11.5. The van der Waals surface area contributed by atoms with Crippen LogP contribution >= 0.6 is 0 Å². The van der Waals surface area contributed by atoms with Gasteiger partial charge in [0.25, 0.3) is 0 Å². The number of esters is 1. The summed E-state index contributed by atoms with van der Waals surface area (Å²) in [5.41, 5.74) is 3.04. The van der Waals surface area contributed by atoms with Crippen molar-refractivity contribution in [2.45, 2.75) is 20.3 Å². The molecule has 104 valence electrons. The first kappa shape index (κ1) is 14.1. The van der Waals surface area contributed by atoms with Crippen molar-refractivity contribution in [2.24, 2.45) is 0 Å². The molecule has 20 heavy (non-hydrogen) atoms. The molecule has 0 fully saturated rings. The van der Waals surface area contributed by atoms with Crippen LogP contribution in [-0.4, -0.2) is 18.9 Å². The number of hydrogen-bond donors (Lipinski definition) is 0. The first-order valence-corrected chi connectivity index (χ1v) is 6.44. The van der Waals surface area contributed by atoms with Gasteiger partial charge in [-0.25, -0.2) is 4.79 Å². The van der Waals surface area contributed by atoms with Gasteiger partial charge in [-0.2, -0.15) is 0 Å². The quantitative estimate of drug-likeness (QED) is 0.619. The van der Waals surface area contributed by atoms with E-state index >= 15 is 0 Å². The maximum absolute atomic E-state index is 11.9. The van der Waals surface area contributed by atoms with Crippen LogP contribution in [0.2, 0.25) is 0 Å². The number of rotatable bonds is 5. The van der Waals surface area contributed by atoms with Crippen molar-refractivity contribution in [2.75, 3.05) is 6.61 Å². The molecular formula is C16H16O4. The monoisotopic (exact) mass is 272 g/mol. The molecule has 0 unspecified atom stereocenters. The predicted octanol–water partition coefficient (Wildman–Crippen LogP) is 3.17. The lowest BCUT2D eigenvalue weighted by Gasteiger charge is -2.06. The average Bonchev–Trinajstić information content (AvgIpc) is 2.84. The summed E-state index contributed by atoms with van der Waals surface area (Å²) in [5.74, 6) is -0.288. The average molecular weight is 272 g/mol. The molecule has 4 heteroatoms. The highest BCUT2D eigenvalue weighted by Crippen LogP contribution is 2.22. The summed E-state index contributed by atoms with van der Waals surface area (Å²) in [6.45, 7) is 4.00. The van der Waals surface area contributed by atoms with E-state index in [0.29, 0.717) is 23.8 Å². The number of ether oxygens (including phenoxy) is 1. The maximum Gasteiger partial charge on any atom is 0.341 e. The van der Waals surface area contributed by atoms with E-state index in [1.165, 1.54) is 6.26 Å². The Morgan fingerprint density at radius 1 is 1.35 bits per heavy atom. The maximum atomic E-state index is 11.9. The predicted molar refractivity (Wildman–Crippen MR) is 74.0 cm³/mol. The molecule has 0 aliphatic heterocycles. The normalized spacial score (nSPS) is 10.3. The van der Waals surface area contributed by atoms with Gasteiger partial charge in [0.1, 0.15) is 11.8 Å². The molecule has 0 amide bonds. The van der Waals surface area contributed by atoms with E-state index < -0.39 is 5.97 Å². The minimum absolute atomic E-state index is 0.177. The van der Waals surface area contributed by atoms with Gasteiger partial charge in [-0.05, 0) is 25.0 Å². The Bertz CT molecular complexity index is 625. The highest BCUT2D eigenvalue weighted by Gasteiger charge is 2.20. The van der Waals surface area contributed by atoms with Gasteiger partial charge in [-0.15, -0.1) is 0 Å². The van der Waals surface area contributed by atoms with E-state index in [4.69, 9.17) is 9.15 Å². The zero-order chi connectivity index (χ0) is 14.5. The van der Waals surface area contributed by atoms with E-state index in [9.17, 15) is 9.59 Å². The fourth-order valence-electron chi connectivity index (χ4n) is 2.06. The first-order valence-electron chi connectivity index (χ1n) is 6.44. The molecule has 0 N–H and O–H groups in total. The van der Waals surface area contributed by atoms with Crippen LogP contribution in [0.25, 0.3) is 0 Å². The molecule has 0 radical (unpaired) electrons. The molecule has 0 aliphatic carbocycles. The van der Waals surface area contributed by atoms with Crippen molar-refractivity contribution in [1.29, 1.82) is 0 Å². The number of carbonyl (C=O) groups excluding carboxylic acids is 2. The molecule has 0 aliphatic rings. The standard InChI is InChI=1S/C16H16O4/c1-3-19-16(18)14-10-20-15(9-17)13(14)8-12-7-5-4-6-11(12)2/h4-7,9-10H,3,8H2,1-2H3. The van der Waals surface area contributed by atoms with Crippen LogP contribution in [0.5, 0.6) is 0 Å².